The Bertz CT molecular complexity index is 768. The predicted octanol–water partition coefficient (Wildman–Crippen LogP) is 3.98. The zero-order valence-electron chi connectivity index (χ0n) is 16.7. The van der Waals surface area contributed by atoms with Crippen LogP contribution in [-0.2, 0) is 15.7 Å². The summed E-state index contributed by atoms with van der Waals surface area (Å²) >= 11 is 0. The number of amides is 2. The zero-order valence-corrected chi connectivity index (χ0v) is 16.7. The van der Waals surface area contributed by atoms with Gasteiger partial charge in [-0.15, -0.1) is 0 Å². The van der Waals surface area contributed by atoms with Gasteiger partial charge in [-0.25, -0.2) is 0 Å². The van der Waals surface area contributed by atoms with Gasteiger partial charge in [-0.1, -0.05) is 26.3 Å². The highest BCUT2D eigenvalue weighted by atomic mass is 19.4. The van der Waals surface area contributed by atoms with E-state index in [1.54, 1.807) is 0 Å². The number of carbonyl (C=O) groups excluding carboxylic acids is 2. The first kappa shape index (κ1) is 21.6. The van der Waals surface area contributed by atoms with Crippen LogP contribution in [0.2, 0.25) is 0 Å². The number of nitrogens with one attached hydrogen (secondary N) is 1. The molecule has 2 fully saturated rings. The minimum atomic E-state index is -4.55. The Labute approximate surface area is 168 Å². The summed E-state index contributed by atoms with van der Waals surface area (Å²) in [5.41, 5.74) is -1.92. The number of rotatable bonds is 4. The summed E-state index contributed by atoms with van der Waals surface area (Å²) in [5.74, 6) is -0.639. The topological polar surface area (TPSA) is 58.6 Å². The monoisotopic (exact) mass is 412 g/mol. The van der Waals surface area contributed by atoms with Gasteiger partial charge in [0.25, 0.3) is 5.91 Å². The molecule has 1 aromatic carbocycles. The molecule has 1 aromatic rings. The summed E-state index contributed by atoms with van der Waals surface area (Å²) in [4.78, 5) is 27.5. The lowest BCUT2D eigenvalue weighted by Gasteiger charge is -2.43. The molecule has 3 rings (SSSR count). The predicted molar refractivity (Wildman–Crippen MR) is 101 cm³/mol. The van der Waals surface area contributed by atoms with Crippen molar-refractivity contribution in [2.75, 3.05) is 13.2 Å². The number of nitrogens with zero attached hydrogens (tertiary/aromatic N) is 1. The molecule has 1 spiro atoms. The number of alkyl halides is 3. The van der Waals surface area contributed by atoms with Gasteiger partial charge in [-0.3, -0.25) is 14.5 Å². The Morgan fingerprint density at radius 1 is 1.34 bits per heavy atom. The molecule has 2 aliphatic rings. The fourth-order valence-electron chi connectivity index (χ4n) is 4.34. The van der Waals surface area contributed by atoms with Crippen molar-refractivity contribution in [3.8, 4) is 0 Å². The molecule has 0 unspecified atom stereocenters. The van der Waals surface area contributed by atoms with Crippen LogP contribution in [-0.4, -0.2) is 41.6 Å². The van der Waals surface area contributed by atoms with Crippen LogP contribution in [0.4, 0.5) is 13.2 Å². The van der Waals surface area contributed by atoms with Crippen LogP contribution in [0.5, 0.6) is 0 Å². The van der Waals surface area contributed by atoms with Crippen LogP contribution >= 0.6 is 0 Å². The molecule has 160 valence electrons. The summed E-state index contributed by atoms with van der Waals surface area (Å²) < 4.78 is 45.5. The number of hydrogen-bond donors (Lipinski definition) is 1. The van der Waals surface area contributed by atoms with Crippen LogP contribution < -0.4 is 5.32 Å². The Morgan fingerprint density at radius 3 is 2.76 bits per heavy atom. The third-order valence-corrected chi connectivity index (χ3v) is 5.70. The standard InChI is InChI=1S/C21H27F3N2O3/c1-3-10-25-18(27)17-13-29-20(9-5-6-14(2)12-20)26(17)19(28)15-7-4-8-16(11-15)21(22,23)24/h4,7-8,11,14,17H,3,5-6,9-10,12-13H2,1-2H3,(H,25,27)/t14-,17+,20-/m0/s1. The molecule has 1 aliphatic carbocycles. The van der Waals surface area contributed by atoms with Crippen LogP contribution in [0.3, 0.4) is 0 Å². The summed E-state index contributed by atoms with van der Waals surface area (Å²) in [6, 6.07) is 3.50. The zero-order chi connectivity index (χ0) is 21.2. The number of halogens is 3. The maximum absolute atomic E-state index is 13.4. The molecule has 1 heterocycles. The molecular weight excluding hydrogens is 385 g/mol. The smallest absolute Gasteiger partial charge is 0.354 e. The molecule has 3 atom stereocenters. The van der Waals surface area contributed by atoms with E-state index < -0.39 is 29.4 Å². The average molecular weight is 412 g/mol. The molecule has 0 bridgehead atoms. The lowest BCUT2D eigenvalue weighted by atomic mass is 9.83. The minimum absolute atomic E-state index is 0.0486. The Balaban J connectivity index is 1.97. The first-order chi connectivity index (χ1) is 13.7. The van der Waals surface area contributed by atoms with Crippen molar-refractivity contribution in [1.29, 1.82) is 0 Å². The number of carbonyl (C=O) groups is 2. The van der Waals surface area contributed by atoms with Gasteiger partial charge in [-0.05, 0) is 49.8 Å². The molecule has 0 aromatic heterocycles. The van der Waals surface area contributed by atoms with Crippen molar-refractivity contribution in [3.63, 3.8) is 0 Å². The van der Waals surface area contributed by atoms with Gasteiger partial charge in [-0.2, -0.15) is 13.2 Å². The Kier molecular flexibility index (Phi) is 6.22. The second-order valence-corrected chi connectivity index (χ2v) is 8.02. The van der Waals surface area contributed by atoms with Gasteiger partial charge in [0.15, 0.2) is 0 Å². The second-order valence-electron chi connectivity index (χ2n) is 8.02. The summed E-state index contributed by atoms with van der Waals surface area (Å²) in [5, 5.41) is 2.79. The molecule has 1 saturated heterocycles. The van der Waals surface area contributed by atoms with Crippen molar-refractivity contribution in [1.82, 2.24) is 10.2 Å². The van der Waals surface area contributed by atoms with Crippen molar-refractivity contribution < 1.29 is 27.5 Å². The quantitative estimate of drug-likeness (QED) is 0.814. The van der Waals surface area contributed by atoms with Crippen molar-refractivity contribution in [2.24, 2.45) is 5.92 Å². The lowest BCUT2D eigenvalue weighted by Crippen LogP contribution is -2.57. The fraction of sp³-hybridized carbons (Fsp3) is 0.619. The van der Waals surface area contributed by atoms with E-state index >= 15 is 0 Å². The third kappa shape index (κ3) is 4.42. The lowest BCUT2D eigenvalue weighted by molar-refractivity contribution is -0.137. The molecule has 0 radical (unpaired) electrons. The second kappa shape index (κ2) is 8.34. The van der Waals surface area contributed by atoms with E-state index in [0.717, 1.165) is 31.4 Å². The first-order valence-electron chi connectivity index (χ1n) is 10.1. The van der Waals surface area contributed by atoms with Gasteiger partial charge in [0.05, 0.1) is 12.2 Å². The normalized spacial score (nSPS) is 27.3. The Morgan fingerprint density at radius 2 is 2.10 bits per heavy atom. The van der Waals surface area contributed by atoms with Crippen LogP contribution in [0.25, 0.3) is 0 Å². The van der Waals surface area contributed by atoms with E-state index in [4.69, 9.17) is 4.74 Å². The highest BCUT2D eigenvalue weighted by Gasteiger charge is 2.54. The molecule has 1 aliphatic heterocycles. The molecule has 2 amide bonds. The fourth-order valence-corrected chi connectivity index (χ4v) is 4.34. The van der Waals surface area contributed by atoms with Crippen molar-refractivity contribution in [2.45, 2.75) is 63.9 Å². The highest BCUT2D eigenvalue weighted by Crippen LogP contribution is 2.43. The van der Waals surface area contributed by atoms with Crippen molar-refractivity contribution >= 4 is 11.8 Å². The third-order valence-electron chi connectivity index (χ3n) is 5.70. The number of benzene rings is 1. The minimum Gasteiger partial charge on any atom is -0.354 e. The van der Waals surface area contributed by atoms with E-state index in [9.17, 15) is 22.8 Å². The molecule has 1 N–H and O–H groups in total. The molecule has 1 saturated carbocycles. The maximum Gasteiger partial charge on any atom is 0.416 e. The summed E-state index contributed by atoms with van der Waals surface area (Å²) in [6.07, 6.45) is -0.856. The first-order valence-corrected chi connectivity index (χ1v) is 10.1. The van der Waals surface area contributed by atoms with Crippen molar-refractivity contribution in [3.05, 3.63) is 35.4 Å². The Hall–Kier alpha value is -2.09. The SMILES string of the molecule is CCCNC(=O)[C@H]1CO[C@]2(CCC[C@H](C)C2)N1C(=O)c1cccc(C(F)(F)F)c1. The van der Waals surface area contributed by atoms with E-state index in [0.29, 0.717) is 19.4 Å². The van der Waals surface area contributed by atoms with E-state index in [1.807, 2.05) is 6.92 Å². The molecule has 8 heteroatoms. The van der Waals surface area contributed by atoms with E-state index in [-0.39, 0.29) is 24.0 Å². The van der Waals surface area contributed by atoms with Crippen LogP contribution in [0.1, 0.15) is 61.9 Å². The van der Waals surface area contributed by atoms with Gasteiger partial charge < -0.3 is 10.1 Å². The number of hydrogen-bond acceptors (Lipinski definition) is 3. The van der Waals surface area contributed by atoms with E-state index in [2.05, 4.69) is 12.2 Å². The highest BCUT2D eigenvalue weighted by molar-refractivity contribution is 5.98. The average Bonchev–Trinajstić information content (AvgIpc) is 3.03. The molecule has 5 nitrogen and oxygen atoms in total. The molecular formula is C21H27F3N2O3. The van der Waals surface area contributed by atoms with Gasteiger partial charge in [0.2, 0.25) is 5.91 Å². The van der Waals surface area contributed by atoms with Gasteiger partial charge in [0, 0.05) is 12.1 Å². The van der Waals surface area contributed by atoms with Gasteiger partial charge in [0.1, 0.15) is 11.8 Å². The molecule has 29 heavy (non-hydrogen) atoms. The maximum atomic E-state index is 13.4. The van der Waals surface area contributed by atoms with Crippen LogP contribution in [0.15, 0.2) is 24.3 Å². The van der Waals surface area contributed by atoms with Gasteiger partial charge >= 0.3 is 6.18 Å². The van der Waals surface area contributed by atoms with E-state index in [1.165, 1.54) is 17.0 Å². The number of ether oxygens (including phenoxy) is 1. The largest absolute Gasteiger partial charge is 0.416 e. The summed E-state index contributed by atoms with van der Waals surface area (Å²) in [7, 11) is 0. The summed E-state index contributed by atoms with van der Waals surface area (Å²) in [6.45, 7) is 4.49. The van der Waals surface area contributed by atoms with Crippen LogP contribution in [0, 0.1) is 5.92 Å².